The largest absolute Gasteiger partial charge is 0.446 e. The van der Waals surface area contributed by atoms with Crippen molar-refractivity contribution in [1.29, 1.82) is 0 Å². The summed E-state index contributed by atoms with van der Waals surface area (Å²) in [4.78, 5) is 17.2. The molecule has 1 amide bonds. The fourth-order valence-corrected chi connectivity index (χ4v) is 3.96. The zero-order valence-electron chi connectivity index (χ0n) is 14.2. The summed E-state index contributed by atoms with van der Waals surface area (Å²) in [5, 5.41) is 6.47. The summed E-state index contributed by atoms with van der Waals surface area (Å²) in [6, 6.07) is 16.3. The van der Waals surface area contributed by atoms with E-state index < -0.39 is 0 Å². The van der Waals surface area contributed by atoms with Crippen LogP contribution < -0.4 is 10.6 Å². The number of fused-ring (bicyclic) bond motifs is 3. The Morgan fingerprint density at radius 2 is 1.77 bits per heavy atom. The van der Waals surface area contributed by atoms with Gasteiger partial charge in [0.25, 0.3) is 5.91 Å². The Morgan fingerprint density at radius 3 is 2.42 bits per heavy atom. The average Bonchev–Trinajstić information content (AvgIpc) is 3.42. The van der Waals surface area contributed by atoms with Crippen LogP contribution in [0.3, 0.4) is 0 Å². The number of carbonyl (C=O) groups is 1. The maximum Gasteiger partial charge on any atom is 0.273 e. The number of carbonyl (C=O) groups excluding carboxylic acids is 1. The van der Waals surface area contributed by atoms with Crippen LogP contribution in [0, 0.1) is 0 Å². The van der Waals surface area contributed by atoms with Gasteiger partial charge in [0.15, 0.2) is 5.69 Å². The van der Waals surface area contributed by atoms with Gasteiger partial charge in [0.1, 0.15) is 6.26 Å². The summed E-state index contributed by atoms with van der Waals surface area (Å²) >= 11 is 0. The molecule has 2 N–H and O–H groups in total. The second kappa shape index (κ2) is 6.11. The lowest BCUT2D eigenvalue weighted by Gasteiger charge is -2.14. The van der Waals surface area contributed by atoms with Crippen molar-refractivity contribution < 1.29 is 9.21 Å². The molecule has 2 heterocycles. The standard InChI is InChI=1S/C21H19N3O2/c25-20(18-12-26-21(23-18)17-10-5-11-22-17)24-19-15-8-3-1-6-13(15)14-7-2-4-9-16(14)19/h1-4,6-9,12,17,19,22H,5,10-11H2,(H,24,25). The molecule has 0 spiro atoms. The molecule has 1 aromatic heterocycles. The molecule has 1 atom stereocenters. The van der Waals surface area contributed by atoms with Gasteiger partial charge >= 0.3 is 0 Å². The minimum Gasteiger partial charge on any atom is -0.446 e. The lowest BCUT2D eigenvalue weighted by atomic mass is 10.1. The van der Waals surface area contributed by atoms with E-state index >= 15 is 0 Å². The van der Waals surface area contributed by atoms with Crippen LogP contribution in [0.15, 0.2) is 59.2 Å². The molecule has 0 bridgehead atoms. The van der Waals surface area contributed by atoms with E-state index in [9.17, 15) is 4.79 Å². The van der Waals surface area contributed by atoms with Gasteiger partial charge in [0, 0.05) is 0 Å². The SMILES string of the molecule is O=C(NC1c2ccccc2-c2ccccc21)c1coc(C2CCCN2)n1. The van der Waals surface area contributed by atoms with Gasteiger partial charge in [-0.2, -0.15) is 0 Å². The van der Waals surface area contributed by atoms with Crippen molar-refractivity contribution in [2.75, 3.05) is 6.54 Å². The third kappa shape index (κ3) is 2.44. The van der Waals surface area contributed by atoms with Gasteiger partial charge in [-0.25, -0.2) is 4.98 Å². The van der Waals surface area contributed by atoms with Crippen molar-refractivity contribution in [2.24, 2.45) is 0 Å². The molecule has 1 aliphatic heterocycles. The maximum absolute atomic E-state index is 12.8. The number of hydrogen-bond donors (Lipinski definition) is 2. The van der Waals surface area contributed by atoms with Crippen LogP contribution in [0.25, 0.3) is 11.1 Å². The minimum atomic E-state index is -0.213. The van der Waals surface area contributed by atoms with E-state index in [1.54, 1.807) is 0 Å². The molecule has 5 rings (SSSR count). The van der Waals surface area contributed by atoms with Crippen LogP contribution >= 0.6 is 0 Å². The molecule has 1 saturated heterocycles. The van der Waals surface area contributed by atoms with Crippen LogP contribution in [-0.2, 0) is 0 Å². The van der Waals surface area contributed by atoms with Gasteiger partial charge < -0.3 is 15.1 Å². The van der Waals surface area contributed by atoms with Crippen LogP contribution in [0.4, 0.5) is 0 Å². The Kier molecular flexibility index (Phi) is 3.60. The monoisotopic (exact) mass is 345 g/mol. The number of benzene rings is 2. The topological polar surface area (TPSA) is 67.2 Å². The fourth-order valence-electron chi connectivity index (χ4n) is 3.96. The number of oxazole rings is 1. The quantitative estimate of drug-likeness (QED) is 0.761. The van der Waals surface area contributed by atoms with Crippen LogP contribution in [0.2, 0.25) is 0 Å². The van der Waals surface area contributed by atoms with Gasteiger partial charge in [-0.05, 0) is 41.6 Å². The van der Waals surface area contributed by atoms with Gasteiger partial charge in [0.05, 0.1) is 12.1 Å². The summed E-state index contributed by atoms with van der Waals surface area (Å²) < 4.78 is 5.54. The summed E-state index contributed by atoms with van der Waals surface area (Å²) in [5.74, 6) is 0.384. The molecular formula is C21H19N3O2. The first kappa shape index (κ1) is 15.3. The highest BCUT2D eigenvalue weighted by Gasteiger charge is 2.30. The van der Waals surface area contributed by atoms with E-state index in [2.05, 4.69) is 39.9 Å². The molecule has 5 nitrogen and oxygen atoms in total. The Hall–Kier alpha value is -2.92. The zero-order valence-corrected chi connectivity index (χ0v) is 14.2. The molecule has 2 aliphatic rings. The van der Waals surface area contributed by atoms with E-state index in [1.165, 1.54) is 17.4 Å². The smallest absolute Gasteiger partial charge is 0.273 e. The second-order valence-electron chi connectivity index (χ2n) is 6.80. The summed E-state index contributed by atoms with van der Waals surface area (Å²) in [5.41, 5.74) is 4.90. The highest BCUT2D eigenvalue weighted by atomic mass is 16.3. The van der Waals surface area contributed by atoms with Crippen LogP contribution in [0.5, 0.6) is 0 Å². The second-order valence-corrected chi connectivity index (χ2v) is 6.80. The number of rotatable bonds is 3. The molecule has 5 heteroatoms. The van der Waals surface area contributed by atoms with E-state index in [-0.39, 0.29) is 18.0 Å². The number of nitrogens with zero attached hydrogens (tertiary/aromatic N) is 1. The number of amides is 1. The molecular weight excluding hydrogens is 326 g/mol. The molecule has 26 heavy (non-hydrogen) atoms. The summed E-state index contributed by atoms with van der Waals surface area (Å²) in [6.45, 7) is 0.963. The maximum atomic E-state index is 12.8. The van der Waals surface area contributed by atoms with Gasteiger partial charge in [0.2, 0.25) is 5.89 Å². The minimum absolute atomic E-state index is 0.115. The number of hydrogen-bond acceptors (Lipinski definition) is 4. The Labute approximate surface area is 151 Å². The van der Waals surface area contributed by atoms with Crippen molar-refractivity contribution in [2.45, 2.75) is 24.9 Å². The highest BCUT2D eigenvalue weighted by molar-refractivity contribution is 5.93. The Bertz CT molecular complexity index is 927. The van der Waals surface area contributed by atoms with Crippen LogP contribution in [-0.4, -0.2) is 17.4 Å². The first-order chi connectivity index (χ1) is 12.8. The van der Waals surface area contributed by atoms with E-state index in [0.717, 1.165) is 30.5 Å². The van der Waals surface area contributed by atoms with Gasteiger partial charge in [-0.15, -0.1) is 0 Å². The Morgan fingerprint density at radius 1 is 1.08 bits per heavy atom. The molecule has 1 aliphatic carbocycles. The van der Waals surface area contributed by atoms with E-state index in [4.69, 9.17) is 4.42 Å². The Balaban J connectivity index is 1.43. The van der Waals surface area contributed by atoms with Gasteiger partial charge in [-0.3, -0.25) is 4.79 Å². The predicted molar refractivity (Wildman–Crippen MR) is 97.7 cm³/mol. The van der Waals surface area contributed by atoms with E-state index in [0.29, 0.717) is 11.6 Å². The molecule has 3 aromatic rings. The fraction of sp³-hybridized carbons (Fsp3) is 0.238. The van der Waals surface area contributed by atoms with Crippen molar-refractivity contribution in [3.63, 3.8) is 0 Å². The summed E-state index contributed by atoms with van der Waals surface area (Å²) in [6.07, 6.45) is 3.55. The highest BCUT2D eigenvalue weighted by Crippen LogP contribution is 2.43. The lowest BCUT2D eigenvalue weighted by Crippen LogP contribution is -2.28. The number of aromatic nitrogens is 1. The third-order valence-electron chi connectivity index (χ3n) is 5.22. The predicted octanol–water partition coefficient (Wildman–Crippen LogP) is 3.60. The first-order valence-corrected chi connectivity index (χ1v) is 8.99. The number of nitrogens with one attached hydrogen (secondary N) is 2. The van der Waals surface area contributed by atoms with Crippen LogP contribution in [0.1, 0.15) is 52.4 Å². The molecule has 0 saturated carbocycles. The average molecular weight is 345 g/mol. The van der Waals surface area contributed by atoms with Crippen molar-refractivity contribution >= 4 is 5.91 Å². The molecule has 1 unspecified atom stereocenters. The van der Waals surface area contributed by atoms with Crippen molar-refractivity contribution in [3.8, 4) is 11.1 Å². The normalized spacial score (nSPS) is 18.5. The van der Waals surface area contributed by atoms with Crippen molar-refractivity contribution in [3.05, 3.63) is 77.5 Å². The first-order valence-electron chi connectivity index (χ1n) is 8.99. The molecule has 0 radical (unpaired) electrons. The third-order valence-corrected chi connectivity index (χ3v) is 5.22. The zero-order chi connectivity index (χ0) is 17.5. The lowest BCUT2D eigenvalue weighted by molar-refractivity contribution is 0.0938. The van der Waals surface area contributed by atoms with Gasteiger partial charge in [-0.1, -0.05) is 48.5 Å². The molecule has 1 fully saturated rings. The van der Waals surface area contributed by atoms with E-state index in [1.807, 2.05) is 24.3 Å². The summed E-state index contributed by atoms with van der Waals surface area (Å²) in [7, 11) is 0. The van der Waals surface area contributed by atoms with Crippen molar-refractivity contribution in [1.82, 2.24) is 15.6 Å². The molecule has 2 aromatic carbocycles. The molecule has 130 valence electrons.